The molecule has 5 aromatic rings. The molecular formula is C32H30N2O5S. The molecule has 0 unspecified atom stereocenters. The maximum Gasteiger partial charge on any atom is 0.338 e. The molecule has 0 spiro atoms. The predicted octanol–water partition coefficient (Wildman–Crippen LogP) is 6.88. The van der Waals surface area contributed by atoms with E-state index in [2.05, 4.69) is 4.98 Å². The molecule has 8 heteroatoms. The van der Waals surface area contributed by atoms with Crippen molar-refractivity contribution in [3.05, 3.63) is 102 Å². The molecule has 2 aromatic heterocycles. The summed E-state index contributed by atoms with van der Waals surface area (Å²) in [6.07, 6.45) is 3.20. The van der Waals surface area contributed by atoms with Gasteiger partial charge in [-0.1, -0.05) is 48.0 Å². The number of rotatable bonds is 6. The molecule has 0 aliphatic heterocycles. The van der Waals surface area contributed by atoms with E-state index in [1.54, 1.807) is 62.0 Å². The highest BCUT2D eigenvalue weighted by Crippen LogP contribution is 2.38. The van der Waals surface area contributed by atoms with Crippen molar-refractivity contribution in [3.8, 4) is 28.0 Å². The van der Waals surface area contributed by atoms with E-state index in [1.807, 2.05) is 64.1 Å². The predicted molar refractivity (Wildman–Crippen MR) is 156 cm³/mol. The maximum absolute atomic E-state index is 13.8. The number of methoxy groups -OCH3 is 1. The largest absolute Gasteiger partial charge is 0.496 e. The van der Waals surface area contributed by atoms with Crippen molar-refractivity contribution in [1.82, 2.24) is 8.96 Å². The van der Waals surface area contributed by atoms with Crippen molar-refractivity contribution in [2.75, 3.05) is 7.11 Å². The highest BCUT2D eigenvalue weighted by atomic mass is 32.2. The van der Waals surface area contributed by atoms with E-state index in [1.165, 1.54) is 3.97 Å². The Morgan fingerprint density at radius 3 is 2.30 bits per heavy atom. The second-order valence-corrected chi connectivity index (χ2v) is 12.3. The zero-order valence-electron chi connectivity index (χ0n) is 23.0. The van der Waals surface area contributed by atoms with E-state index < -0.39 is 21.6 Å². The van der Waals surface area contributed by atoms with Gasteiger partial charge in [0.05, 0.1) is 17.6 Å². The van der Waals surface area contributed by atoms with Crippen molar-refractivity contribution in [1.29, 1.82) is 0 Å². The second-order valence-electron chi connectivity index (χ2n) is 10.5. The smallest absolute Gasteiger partial charge is 0.338 e. The average molecular weight is 555 g/mol. The number of hydrogen-bond acceptors (Lipinski definition) is 6. The highest BCUT2D eigenvalue weighted by molar-refractivity contribution is 7.90. The number of pyridine rings is 1. The highest BCUT2D eigenvalue weighted by Gasteiger charge is 2.25. The molecule has 3 aromatic carbocycles. The van der Waals surface area contributed by atoms with Crippen LogP contribution in [0, 0.1) is 6.92 Å². The lowest BCUT2D eigenvalue weighted by atomic mass is 10.0. The minimum absolute atomic E-state index is 0.164. The van der Waals surface area contributed by atoms with Crippen LogP contribution in [0.5, 0.6) is 5.75 Å². The van der Waals surface area contributed by atoms with Crippen molar-refractivity contribution >= 4 is 27.0 Å². The zero-order valence-corrected chi connectivity index (χ0v) is 23.8. The van der Waals surface area contributed by atoms with Crippen LogP contribution in [-0.4, -0.2) is 36.1 Å². The van der Waals surface area contributed by atoms with E-state index >= 15 is 0 Å². The van der Waals surface area contributed by atoms with E-state index in [9.17, 15) is 13.2 Å². The zero-order chi connectivity index (χ0) is 28.7. The van der Waals surface area contributed by atoms with Crippen LogP contribution in [0.4, 0.5) is 0 Å². The number of fused-ring (bicyclic) bond motifs is 1. The Bertz CT molecular complexity index is 1830. The first kappa shape index (κ1) is 27.1. The Hall–Kier alpha value is -4.43. The summed E-state index contributed by atoms with van der Waals surface area (Å²) in [5, 5.41) is 0.625. The lowest BCUT2D eigenvalue weighted by Crippen LogP contribution is -2.23. The van der Waals surface area contributed by atoms with E-state index in [-0.39, 0.29) is 10.5 Å². The monoisotopic (exact) mass is 554 g/mol. The van der Waals surface area contributed by atoms with Crippen molar-refractivity contribution < 1.29 is 22.7 Å². The van der Waals surface area contributed by atoms with Gasteiger partial charge in [-0.05, 0) is 69.7 Å². The summed E-state index contributed by atoms with van der Waals surface area (Å²) in [5.41, 5.74) is 3.89. The number of aryl methyl sites for hydroxylation is 1. The fourth-order valence-corrected chi connectivity index (χ4v) is 5.81. The lowest BCUT2D eigenvalue weighted by Gasteiger charge is -2.19. The van der Waals surface area contributed by atoms with Crippen molar-refractivity contribution in [3.63, 3.8) is 0 Å². The first-order valence-corrected chi connectivity index (χ1v) is 14.2. The van der Waals surface area contributed by atoms with Crippen molar-refractivity contribution in [2.45, 2.75) is 38.2 Å². The van der Waals surface area contributed by atoms with E-state index in [0.717, 1.165) is 22.3 Å². The summed E-state index contributed by atoms with van der Waals surface area (Å²) in [5.74, 6) is 0.181. The van der Waals surface area contributed by atoms with Gasteiger partial charge in [0.15, 0.2) is 5.65 Å². The molecule has 0 saturated carbocycles. The van der Waals surface area contributed by atoms with Gasteiger partial charge in [0.2, 0.25) is 0 Å². The first-order valence-electron chi connectivity index (χ1n) is 12.8. The molecule has 0 aliphatic carbocycles. The van der Waals surface area contributed by atoms with Gasteiger partial charge in [-0.15, -0.1) is 0 Å². The molecule has 2 heterocycles. The first-order chi connectivity index (χ1) is 19.0. The van der Waals surface area contributed by atoms with Gasteiger partial charge < -0.3 is 9.47 Å². The van der Waals surface area contributed by atoms with Crippen LogP contribution >= 0.6 is 0 Å². The molecule has 0 aliphatic rings. The van der Waals surface area contributed by atoms with Crippen LogP contribution in [0.15, 0.2) is 96.2 Å². The summed E-state index contributed by atoms with van der Waals surface area (Å²) < 4.78 is 39.9. The molecule has 5 rings (SSSR count). The summed E-state index contributed by atoms with van der Waals surface area (Å²) in [7, 11) is -2.37. The Morgan fingerprint density at radius 1 is 0.875 bits per heavy atom. The molecule has 0 atom stereocenters. The number of carbonyl (C=O) groups is 1. The third-order valence-corrected chi connectivity index (χ3v) is 8.08. The molecule has 0 saturated heterocycles. The van der Waals surface area contributed by atoms with Crippen LogP contribution in [-0.2, 0) is 14.8 Å². The Balaban J connectivity index is 1.70. The van der Waals surface area contributed by atoms with Gasteiger partial charge in [0.25, 0.3) is 10.0 Å². The summed E-state index contributed by atoms with van der Waals surface area (Å²) in [4.78, 5) is 17.5. The lowest BCUT2D eigenvalue weighted by molar-refractivity contribution is 0.00695. The number of ether oxygens (including phenoxy) is 2. The second kappa shape index (κ2) is 10.3. The maximum atomic E-state index is 13.8. The van der Waals surface area contributed by atoms with Crippen LogP contribution in [0.25, 0.3) is 33.3 Å². The SMILES string of the molecule is COc1ccccc1-c1cn(S(=O)(=O)c2ccc(C)cc2)c2ncc(-c3cccc(C(=O)OC(C)(C)C)c3)cc12. The van der Waals surface area contributed by atoms with Crippen molar-refractivity contribution in [2.24, 2.45) is 0 Å². The molecule has 0 radical (unpaired) electrons. The molecular weight excluding hydrogens is 524 g/mol. The van der Waals surface area contributed by atoms with E-state index in [0.29, 0.717) is 22.3 Å². The Kier molecular flexibility index (Phi) is 6.98. The molecule has 40 heavy (non-hydrogen) atoms. The number of para-hydroxylation sites is 1. The summed E-state index contributed by atoms with van der Waals surface area (Å²) in [6, 6.07) is 23.2. The standard InChI is InChI=1S/C32H30N2O5S/c1-21-13-15-25(16-14-21)40(36,37)34-20-28(26-11-6-7-12-29(26)38-5)27-18-24(19-33-30(27)34)22-9-8-10-23(17-22)31(35)39-32(2,3)4/h6-20H,1-5H3. The topological polar surface area (TPSA) is 87.5 Å². The molecule has 0 fully saturated rings. The molecule has 204 valence electrons. The van der Waals surface area contributed by atoms with Crippen LogP contribution < -0.4 is 4.74 Å². The minimum Gasteiger partial charge on any atom is -0.496 e. The number of carbonyl (C=O) groups excluding carboxylic acids is 1. The summed E-state index contributed by atoms with van der Waals surface area (Å²) >= 11 is 0. The Labute approximate surface area is 234 Å². The van der Waals surface area contributed by atoms with Gasteiger partial charge in [0.1, 0.15) is 11.4 Å². The third kappa shape index (κ3) is 5.22. The normalized spacial score (nSPS) is 11.9. The van der Waals surface area contributed by atoms with Gasteiger partial charge in [-0.25, -0.2) is 22.2 Å². The molecule has 0 bridgehead atoms. The quantitative estimate of drug-likeness (QED) is 0.213. The van der Waals surface area contributed by atoms with Crippen LogP contribution in [0.1, 0.15) is 36.7 Å². The fourth-order valence-electron chi connectivity index (χ4n) is 4.49. The van der Waals surface area contributed by atoms with Crippen LogP contribution in [0.2, 0.25) is 0 Å². The van der Waals surface area contributed by atoms with Gasteiger partial charge in [-0.2, -0.15) is 0 Å². The van der Waals surface area contributed by atoms with Gasteiger partial charge in [-0.3, -0.25) is 0 Å². The Morgan fingerprint density at radius 2 is 1.60 bits per heavy atom. The molecule has 0 N–H and O–H groups in total. The van der Waals surface area contributed by atoms with Gasteiger partial charge >= 0.3 is 5.97 Å². The van der Waals surface area contributed by atoms with Crippen LogP contribution in [0.3, 0.4) is 0 Å². The number of esters is 1. The minimum atomic E-state index is -3.95. The number of benzene rings is 3. The summed E-state index contributed by atoms with van der Waals surface area (Å²) in [6.45, 7) is 7.37. The number of aromatic nitrogens is 2. The number of nitrogens with zero attached hydrogens (tertiary/aromatic N) is 2. The number of hydrogen-bond donors (Lipinski definition) is 0. The van der Waals surface area contributed by atoms with Gasteiger partial charge in [0, 0.05) is 34.5 Å². The molecule has 0 amide bonds. The average Bonchev–Trinajstić information content (AvgIpc) is 3.32. The van der Waals surface area contributed by atoms with E-state index in [4.69, 9.17) is 9.47 Å². The molecule has 7 nitrogen and oxygen atoms in total. The fraction of sp³-hybridized carbons (Fsp3) is 0.188. The third-order valence-electron chi connectivity index (χ3n) is 6.42.